The van der Waals surface area contributed by atoms with E-state index in [0.29, 0.717) is 19.5 Å². The molecule has 0 aromatic heterocycles. The number of aliphatic hydroxyl groups is 5. The third-order valence-corrected chi connectivity index (χ3v) is 21.8. The number of hydrogen-bond donors (Lipinski definition) is 5. The van der Waals surface area contributed by atoms with Gasteiger partial charge in [-0.1, -0.05) is 81.8 Å². The van der Waals surface area contributed by atoms with E-state index in [1.54, 1.807) is 34.6 Å². The van der Waals surface area contributed by atoms with Crippen molar-refractivity contribution in [2.75, 3.05) is 40.5 Å². The molecule has 3 aliphatic rings. The van der Waals surface area contributed by atoms with Crippen LogP contribution in [-0.2, 0) is 33.2 Å². The number of nitrogens with zero attached hydrogens (tertiary/aromatic N) is 2. The van der Waals surface area contributed by atoms with Crippen LogP contribution in [0.2, 0.25) is 0 Å². The number of rotatable bonds is 17. The van der Waals surface area contributed by atoms with Crippen molar-refractivity contribution in [3.63, 3.8) is 0 Å². The molecule has 14 nitrogen and oxygen atoms in total. The zero-order valence-electron chi connectivity index (χ0n) is 48.0. The van der Waals surface area contributed by atoms with Crippen molar-refractivity contribution < 1.29 is 58.7 Å². The Morgan fingerprint density at radius 2 is 1.30 bits per heavy atom. The minimum Gasteiger partial charge on any atom is -0.459 e. The van der Waals surface area contributed by atoms with Crippen LogP contribution in [0.15, 0.2) is 91.0 Å². The lowest BCUT2D eigenvalue weighted by molar-refractivity contribution is -0.318. The summed E-state index contributed by atoms with van der Waals surface area (Å²) in [7, 11) is 3.34. The van der Waals surface area contributed by atoms with Crippen LogP contribution in [0, 0.1) is 17.8 Å². The maximum absolute atomic E-state index is 14.7. The molecule has 3 aliphatic heterocycles. The lowest BCUT2D eigenvalue weighted by Gasteiger charge is -2.48. The largest absolute Gasteiger partial charge is 0.459 e. The monoisotopic (exact) mass is 1080 g/mol. The Balaban J connectivity index is 1.31. The van der Waals surface area contributed by atoms with Gasteiger partial charge in [0.25, 0.3) is 0 Å². The third-order valence-electron chi connectivity index (χ3n) is 17.3. The second-order valence-electron chi connectivity index (χ2n) is 23.7. The summed E-state index contributed by atoms with van der Waals surface area (Å²) < 4.78 is 38.5. The molecule has 6 rings (SSSR count). The standard InChI is InChI=1S/C61H96N2O12P/c1-14-50-61(10,69)54(65)44(6)63(34-26-15-16-27-35-76(46-28-20-17-21-29-46,47-30-22-18-23-31-47)48-32-24-19-25-33-48)39-40(2)37-59(8,68)56(75-58-52(64)49(62(11)12)36-41(3)71-58)42(4)53(43(5)57(67)73-50)74-51-38-60(9,70-13)55(66)45(7)72-51/h17-25,28-33,40-45,49-56,58,64-66,68-69H,14-16,26-27,34-39H2,1-13H3/q+1/t40-,41-,42+,43-,44-,45+,49+,50-,51+,52-,53+,54-,55+,56-,58+,59-,60-,61-/m1/s1. The fourth-order valence-electron chi connectivity index (χ4n) is 12.8. The van der Waals surface area contributed by atoms with Gasteiger partial charge in [-0.3, -0.25) is 9.69 Å². The number of carbonyl (C=O) groups excluding carboxylic acids is 1. The maximum Gasteiger partial charge on any atom is 0.311 e. The summed E-state index contributed by atoms with van der Waals surface area (Å²) in [6.45, 7) is 19.1. The Kier molecular flexibility index (Phi) is 22.1. The van der Waals surface area contributed by atoms with E-state index in [2.05, 4.69) is 103 Å². The van der Waals surface area contributed by atoms with E-state index in [1.165, 1.54) is 23.0 Å². The van der Waals surface area contributed by atoms with Crippen LogP contribution in [0.4, 0.5) is 0 Å². The van der Waals surface area contributed by atoms with Crippen molar-refractivity contribution in [3.05, 3.63) is 91.0 Å². The van der Waals surface area contributed by atoms with E-state index in [0.717, 1.165) is 31.8 Å². The van der Waals surface area contributed by atoms with Crippen LogP contribution < -0.4 is 15.9 Å². The molecule has 0 unspecified atom stereocenters. The molecular formula is C61H96N2O12P+. The summed E-state index contributed by atoms with van der Waals surface area (Å²) in [5.74, 6) is -2.71. The molecular weight excluding hydrogens is 984 g/mol. The van der Waals surface area contributed by atoms with Gasteiger partial charge >= 0.3 is 5.97 Å². The topological polar surface area (TPSA) is 180 Å². The van der Waals surface area contributed by atoms with Crippen LogP contribution in [0.3, 0.4) is 0 Å². The Hall–Kier alpha value is -2.92. The number of ether oxygens (including phenoxy) is 6. The molecule has 3 aromatic carbocycles. The summed E-state index contributed by atoms with van der Waals surface area (Å²) in [4.78, 5) is 18.9. The van der Waals surface area contributed by atoms with Gasteiger partial charge in [0.15, 0.2) is 12.6 Å². The minimum absolute atomic E-state index is 0.120. The number of methoxy groups -OCH3 is 1. The predicted octanol–water partition coefficient (Wildman–Crippen LogP) is 6.83. The summed E-state index contributed by atoms with van der Waals surface area (Å²) in [6, 6.07) is 32.0. The van der Waals surface area contributed by atoms with Crippen molar-refractivity contribution >= 4 is 29.1 Å². The number of esters is 1. The van der Waals surface area contributed by atoms with Gasteiger partial charge in [-0.05, 0) is 150 Å². The van der Waals surface area contributed by atoms with Crippen molar-refractivity contribution in [1.82, 2.24) is 9.80 Å². The van der Waals surface area contributed by atoms with E-state index in [1.807, 2.05) is 46.7 Å². The fourth-order valence-corrected chi connectivity index (χ4v) is 17.2. The van der Waals surface area contributed by atoms with E-state index in [9.17, 15) is 30.3 Å². The summed E-state index contributed by atoms with van der Waals surface area (Å²) in [5, 5.41) is 64.9. The summed E-state index contributed by atoms with van der Waals surface area (Å²) >= 11 is 0. The zero-order chi connectivity index (χ0) is 55.8. The fraction of sp³-hybridized carbons (Fsp3) is 0.689. The Labute approximate surface area is 456 Å². The number of benzene rings is 3. The first kappa shape index (κ1) is 62.3. The van der Waals surface area contributed by atoms with E-state index in [4.69, 9.17) is 28.4 Å². The van der Waals surface area contributed by atoms with Gasteiger partial charge in [0.1, 0.15) is 53.2 Å². The molecule has 0 saturated carbocycles. The van der Waals surface area contributed by atoms with E-state index >= 15 is 0 Å². The first-order valence-electron chi connectivity index (χ1n) is 28.2. The molecule has 3 fully saturated rings. The quantitative estimate of drug-likeness (QED) is 0.0540. The molecule has 3 aromatic rings. The second kappa shape index (κ2) is 27.0. The van der Waals surface area contributed by atoms with Crippen LogP contribution in [0.1, 0.15) is 121 Å². The molecule has 76 heavy (non-hydrogen) atoms. The number of aliphatic hydroxyl groups excluding tert-OH is 3. The molecule has 0 amide bonds. The van der Waals surface area contributed by atoms with Gasteiger partial charge < -0.3 is 58.9 Å². The number of cyclic esters (lactones) is 1. The predicted molar refractivity (Wildman–Crippen MR) is 302 cm³/mol. The SMILES string of the molecule is CC[C@H]1OC(=O)[C@H](C)[C@@H](O[C@H]2C[C@@](C)(OC)[C@@H](O)[C@H](C)O2)[C@H](C)[C@@H](O[C@@H]2O[C@H](C)C[C@H](N(C)C)[C@H]2O)[C@](C)(O)C[C@@H](C)CN(CCCCCC[P+](c2ccccc2)(c2ccccc2)c2ccccc2)[C@H](C)[C@@H](O)[C@]1(C)O. The molecule has 0 aliphatic carbocycles. The van der Waals surface area contributed by atoms with Crippen LogP contribution in [0.5, 0.6) is 0 Å². The normalized spacial score (nSPS) is 37.8. The van der Waals surface area contributed by atoms with Gasteiger partial charge in [0, 0.05) is 38.1 Å². The molecule has 5 N–H and O–H groups in total. The van der Waals surface area contributed by atoms with Crippen LogP contribution in [-0.4, -0.2) is 172 Å². The smallest absolute Gasteiger partial charge is 0.311 e. The second-order valence-corrected chi connectivity index (χ2v) is 27.3. The average molecular weight is 1080 g/mol. The molecule has 18 atom stereocenters. The third kappa shape index (κ3) is 14.3. The molecule has 3 heterocycles. The van der Waals surface area contributed by atoms with Crippen LogP contribution in [0.25, 0.3) is 0 Å². The van der Waals surface area contributed by atoms with E-state index in [-0.39, 0.29) is 37.3 Å². The Morgan fingerprint density at radius 3 is 1.83 bits per heavy atom. The summed E-state index contributed by atoms with van der Waals surface area (Å²) in [6.07, 6.45) is -3.81. The van der Waals surface area contributed by atoms with Gasteiger partial charge in [0.05, 0.1) is 47.7 Å². The minimum atomic E-state index is -1.99. The number of hydrogen-bond acceptors (Lipinski definition) is 14. The lowest BCUT2D eigenvalue weighted by Crippen LogP contribution is -2.60. The Bertz CT molecular complexity index is 2110. The molecule has 15 heteroatoms. The van der Waals surface area contributed by atoms with Crippen molar-refractivity contribution in [1.29, 1.82) is 0 Å². The first-order chi connectivity index (χ1) is 35.9. The average Bonchev–Trinajstić information content (AvgIpc) is 3.39. The molecule has 3 saturated heterocycles. The van der Waals surface area contributed by atoms with Gasteiger partial charge in [-0.25, -0.2) is 0 Å². The van der Waals surface area contributed by atoms with Crippen LogP contribution >= 0.6 is 7.26 Å². The highest BCUT2D eigenvalue weighted by molar-refractivity contribution is 7.95. The number of unbranched alkanes of at least 4 members (excludes halogenated alkanes) is 3. The Morgan fingerprint density at radius 1 is 0.750 bits per heavy atom. The number of carbonyl (C=O) groups is 1. The van der Waals surface area contributed by atoms with Crippen molar-refractivity contribution in [2.45, 2.75) is 211 Å². The molecule has 426 valence electrons. The summed E-state index contributed by atoms with van der Waals surface area (Å²) in [5.41, 5.74) is -4.53. The highest BCUT2D eigenvalue weighted by Gasteiger charge is 2.53. The molecule has 0 radical (unpaired) electrons. The van der Waals surface area contributed by atoms with Gasteiger partial charge in [-0.2, -0.15) is 0 Å². The molecule has 0 spiro atoms. The highest BCUT2D eigenvalue weighted by Crippen LogP contribution is 2.56. The lowest BCUT2D eigenvalue weighted by atomic mass is 9.77. The van der Waals surface area contributed by atoms with E-state index < -0.39 is 103 Å². The first-order valence-corrected chi connectivity index (χ1v) is 30.2. The maximum atomic E-state index is 14.7. The van der Waals surface area contributed by atoms with Crippen molar-refractivity contribution in [3.8, 4) is 0 Å². The van der Waals surface area contributed by atoms with Crippen molar-refractivity contribution in [2.24, 2.45) is 17.8 Å². The molecule has 0 bridgehead atoms. The highest BCUT2D eigenvalue weighted by atomic mass is 31.2. The van der Waals surface area contributed by atoms with Gasteiger partial charge in [-0.15, -0.1) is 0 Å². The number of likely N-dealkylation sites (N-methyl/N-ethyl adjacent to an activating group) is 1. The zero-order valence-corrected chi connectivity index (χ0v) is 48.9. The van der Waals surface area contributed by atoms with Gasteiger partial charge in [0.2, 0.25) is 0 Å².